The molecule has 0 fully saturated rings. The van der Waals surface area contributed by atoms with E-state index in [1.54, 1.807) is 0 Å². The Morgan fingerprint density at radius 2 is 1.84 bits per heavy atom. The predicted molar refractivity (Wildman–Crippen MR) is 70.1 cm³/mol. The first-order valence-corrected chi connectivity index (χ1v) is 5.91. The lowest BCUT2D eigenvalue weighted by atomic mass is 10.1. The molecule has 0 saturated carbocycles. The molecule has 0 aliphatic heterocycles. The second-order valence-corrected chi connectivity index (χ2v) is 3.89. The number of rotatable bonds is 4. The number of esters is 2. The molecule has 1 aromatic carbocycles. The molecule has 0 amide bonds. The van der Waals surface area contributed by atoms with E-state index in [1.165, 1.54) is 13.8 Å². The number of ether oxygens (including phenoxy) is 2. The van der Waals surface area contributed by atoms with Crippen LogP contribution in [-0.2, 0) is 25.5 Å². The highest BCUT2D eigenvalue weighted by molar-refractivity contribution is 5.66. The van der Waals surface area contributed by atoms with E-state index in [0.29, 0.717) is 6.42 Å². The Kier molecular flexibility index (Phi) is 6.17. The van der Waals surface area contributed by atoms with Gasteiger partial charge in [0, 0.05) is 20.3 Å². The molecule has 0 heterocycles. The van der Waals surface area contributed by atoms with E-state index in [2.05, 4.69) is 11.8 Å². The van der Waals surface area contributed by atoms with Crippen LogP contribution in [0, 0.1) is 11.8 Å². The zero-order valence-corrected chi connectivity index (χ0v) is 11.0. The number of hydrogen-bond acceptors (Lipinski definition) is 4. The van der Waals surface area contributed by atoms with Gasteiger partial charge in [0.15, 0.2) is 12.7 Å². The number of carbonyl (C=O) groups excluding carboxylic acids is 2. The Morgan fingerprint density at radius 1 is 1.16 bits per heavy atom. The van der Waals surface area contributed by atoms with Gasteiger partial charge in [-0.05, 0) is 5.56 Å². The van der Waals surface area contributed by atoms with Gasteiger partial charge < -0.3 is 9.47 Å². The van der Waals surface area contributed by atoms with E-state index in [4.69, 9.17) is 9.47 Å². The molecule has 19 heavy (non-hydrogen) atoms. The summed E-state index contributed by atoms with van der Waals surface area (Å²) < 4.78 is 9.80. The molecule has 0 saturated heterocycles. The molecule has 1 atom stereocenters. The summed E-state index contributed by atoms with van der Waals surface area (Å²) in [4.78, 5) is 21.6. The van der Waals surface area contributed by atoms with Crippen molar-refractivity contribution in [2.24, 2.45) is 0 Å². The van der Waals surface area contributed by atoms with E-state index in [-0.39, 0.29) is 18.5 Å². The van der Waals surface area contributed by atoms with Crippen molar-refractivity contribution in [3.05, 3.63) is 35.9 Å². The summed E-state index contributed by atoms with van der Waals surface area (Å²) in [5.74, 6) is 4.68. The molecular weight excluding hydrogens is 244 g/mol. The standard InChI is InChI=1S/C15H16O4/c1-12(16)18-10-6-9-15(19-13(2)17)11-14-7-4-3-5-8-14/h3-5,7-8,15H,10-11H2,1-2H3/t15-/m1/s1. The first-order valence-electron chi connectivity index (χ1n) is 5.91. The van der Waals surface area contributed by atoms with Crippen molar-refractivity contribution in [1.82, 2.24) is 0 Å². The van der Waals surface area contributed by atoms with Crippen molar-refractivity contribution in [1.29, 1.82) is 0 Å². The van der Waals surface area contributed by atoms with E-state index in [9.17, 15) is 9.59 Å². The zero-order valence-electron chi connectivity index (χ0n) is 11.0. The average molecular weight is 260 g/mol. The molecule has 0 aromatic heterocycles. The fraction of sp³-hybridized carbons (Fsp3) is 0.333. The summed E-state index contributed by atoms with van der Waals surface area (Å²) in [5, 5.41) is 0. The van der Waals surface area contributed by atoms with Crippen molar-refractivity contribution >= 4 is 11.9 Å². The minimum absolute atomic E-state index is 0.00187. The van der Waals surface area contributed by atoms with Gasteiger partial charge in [-0.1, -0.05) is 42.2 Å². The van der Waals surface area contributed by atoms with Crippen LogP contribution in [0.3, 0.4) is 0 Å². The fourth-order valence-electron chi connectivity index (χ4n) is 1.44. The van der Waals surface area contributed by atoms with Gasteiger partial charge in [0.1, 0.15) is 0 Å². The molecule has 0 unspecified atom stereocenters. The Labute approximate surface area is 112 Å². The Hall–Kier alpha value is -2.28. The summed E-state index contributed by atoms with van der Waals surface area (Å²) in [7, 11) is 0. The topological polar surface area (TPSA) is 52.6 Å². The zero-order chi connectivity index (χ0) is 14.1. The van der Waals surface area contributed by atoms with E-state index in [1.807, 2.05) is 30.3 Å². The highest BCUT2D eigenvalue weighted by Gasteiger charge is 2.09. The maximum atomic E-state index is 11.0. The van der Waals surface area contributed by atoms with Crippen LogP contribution in [-0.4, -0.2) is 24.6 Å². The van der Waals surface area contributed by atoms with Crippen LogP contribution in [0.15, 0.2) is 30.3 Å². The highest BCUT2D eigenvalue weighted by atomic mass is 16.5. The monoisotopic (exact) mass is 260 g/mol. The lowest BCUT2D eigenvalue weighted by Gasteiger charge is -2.10. The van der Waals surface area contributed by atoms with Crippen LogP contribution in [0.25, 0.3) is 0 Å². The van der Waals surface area contributed by atoms with Crippen LogP contribution in [0.2, 0.25) is 0 Å². The first-order chi connectivity index (χ1) is 9.08. The van der Waals surface area contributed by atoms with Crippen molar-refractivity contribution in [2.45, 2.75) is 26.4 Å². The molecule has 1 aromatic rings. The summed E-state index contributed by atoms with van der Waals surface area (Å²) in [6.45, 7) is 2.66. The van der Waals surface area contributed by atoms with E-state index >= 15 is 0 Å². The SMILES string of the molecule is CC(=O)OCC#C[C@H](Cc1ccccc1)OC(C)=O. The molecule has 0 aliphatic rings. The van der Waals surface area contributed by atoms with Crippen LogP contribution < -0.4 is 0 Å². The number of carbonyl (C=O) groups is 2. The minimum Gasteiger partial charge on any atom is -0.453 e. The van der Waals surface area contributed by atoms with Crippen molar-refractivity contribution in [3.8, 4) is 11.8 Å². The van der Waals surface area contributed by atoms with Gasteiger partial charge in [-0.3, -0.25) is 9.59 Å². The van der Waals surface area contributed by atoms with Crippen LogP contribution in [0.1, 0.15) is 19.4 Å². The number of benzene rings is 1. The minimum atomic E-state index is -0.532. The summed E-state index contributed by atoms with van der Waals surface area (Å²) in [6.07, 6.45) is -0.0246. The first kappa shape index (κ1) is 14.8. The lowest BCUT2D eigenvalue weighted by Crippen LogP contribution is -2.17. The maximum absolute atomic E-state index is 11.0. The molecule has 4 nitrogen and oxygen atoms in total. The van der Waals surface area contributed by atoms with Crippen LogP contribution >= 0.6 is 0 Å². The molecule has 0 spiro atoms. The normalized spacial score (nSPS) is 10.8. The molecule has 0 radical (unpaired) electrons. The van der Waals surface area contributed by atoms with Crippen molar-refractivity contribution < 1.29 is 19.1 Å². The van der Waals surface area contributed by atoms with Gasteiger partial charge in [-0.25, -0.2) is 0 Å². The molecule has 0 N–H and O–H groups in total. The van der Waals surface area contributed by atoms with Crippen molar-refractivity contribution in [2.75, 3.05) is 6.61 Å². The van der Waals surface area contributed by atoms with Gasteiger partial charge in [0.05, 0.1) is 0 Å². The van der Waals surface area contributed by atoms with Crippen LogP contribution in [0.5, 0.6) is 0 Å². The average Bonchev–Trinajstić information content (AvgIpc) is 2.35. The third kappa shape index (κ3) is 6.89. The molecule has 0 bridgehead atoms. The summed E-state index contributed by atoms with van der Waals surface area (Å²) >= 11 is 0. The predicted octanol–water partition coefficient (Wildman–Crippen LogP) is 1.73. The molecular formula is C15H16O4. The quantitative estimate of drug-likeness (QED) is 0.611. The Balaban J connectivity index is 2.61. The second-order valence-electron chi connectivity index (χ2n) is 3.89. The van der Waals surface area contributed by atoms with Gasteiger partial charge in [0.2, 0.25) is 0 Å². The maximum Gasteiger partial charge on any atom is 0.303 e. The largest absolute Gasteiger partial charge is 0.453 e. The van der Waals surface area contributed by atoms with Gasteiger partial charge in [0.25, 0.3) is 0 Å². The van der Waals surface area contributed by atoms with Gasteiger partial charge >= 0.3 is 11.9 Å². The Morgan fingerprint density at radius 3 is 2.42 bits per heavy atom. The molecule has 100 valence electrons. The fourth-order valence-corrected chi connectivity index (χ4v) is 1.44. The summed E-state index contributed by atoms with van der Waals surface area (Å²) in [6, 6.07) is 9.60. The second kappa shape index (κ2) is 7.93. The number of hydrogen-bond donors (Lipinski definition) is 0. The third-order valence-corrected chi connectivity index (χ3v) is 2.18. The van der Waals surface area contributed by atoms with E-state index < -0.39 is 6.10 Å². The molecule has 1 rings (SSSR count). The van der Waals surface area contributed by atoms with Gasteiger partial charge in [-0.2, -0.15) is 0 Å². The van der Waals surface area contributed by atoms with Crippen molar-refractivity contribution in [3.63, 3.8) is 0 Å². The third-order valence-electron chi connectivity index (χ3n) is 2.18. The van der Waals surface area contributed by atoms with E-state index in [0.717, 1.165) is 5.56 Å². The highest BCUT2D eigenvalue weighted by Crippen LogP contribution is 2.05. The van der Waals surface area contributed by atoms with Crippen LogP contribution in [0.4, 0.5) is 0 Å². The Bertz CT molecular complexity index is 482. The van der Waals surface area contributed by atoms with Gasteiger partial charge in [-0.15, -0.1) is 0 Å². The lowest BCUT2D eigenvalue weighted by molar-refractivity contribution is -0.144. The summed E-state index contributed by atoms with van der Waals surface area (Å²) in [5.41, 5.74) is 1.02. The molecule has 4 heteroatoms. The molecule has 0 aliphatic carbocycles. The smallest absolute Gasteiger partial charge is 0.303 e.